The highest BCUT2D eigenvalue weighted by molar-refractivity contribution is 7.14. The molecule has 0 radical (unpaired) electrons. The summed E-state index contributed by atoms with van der Waals surface area (Å²) in [4.78, 5) is 16.5. The van der Waals surface area contributed by atoms with Crippen molar-refractivity contribution in [2.75, 3.05) is 10.6 Å². The molecule has 0 atom stereocenters. The molecule has 1 amide bonds. The topological polar surface area (TPSA) is 54.0 Å². The van der Waals surface area contributed by atoms with Crippen LogP contribution in [-0.4, -0.2) is 10.9 Å². The molecule has 2 aromatic carbocycles. The summed E-state index contributed by atoms with van der Waals surface area (Å²) in [5, 5.41) is 9.36. The fraction of sp³-hybridized carbons (Fsp3) is 0. The first kappa shape index (κ1) is 15.8. The van der Waals surface area contributed by atoms with Gasteiger partial charge in [0, 0.05) is 26.8 Å². The second kappa shape index (κ2) is 7.00. The molecular weight excluding hydrogens is 353 g/mol. The Labute approximate surface area is 147 Å². The molecule has 116 valence electrons. The fourth-order valence-electron chi connectivity index (χ4n) is 1.89. The first-order valence-electron chi connectivity index (χ1n) is 6.65. The Balaban J connectivity index is 1.70. The van der Waals surface area contributed by atoms with Gasteiger partial charge < -0.3 is 10.6 Å². The Hall–Kier alpha value is -2.08. The van der Waals surface area contributed by atoms with Crippen molar-refractivity contribution in [3.05, 3.63) is 69.7 Å². The van der Waals surface area contributed by atoms with E-state index in [1.807, 2.05) is 12.1 Å². The predicted octanol–water partition coefficient (Wildman–Crippen LogP) is 5.45. The van der Waals surface area contributed by atoms with Crippen molar-refractivity contribution in [3.8, 4) is 0 Å². The lowest BCUT2D eigenvalue weighted by atomic mass is 10.3. The highest BCUT2D eigenvalue weighted by Crippen LogP contribution is 2.23. The first-order chi connectivity index (χ1) is 11.1. The molecule has 0 bridgehead atoms. The van der Waals surface area contributed by atoms with Crippen LogP contribution in [0.5, 0.6) is 0 Å². The average molecular weight is 364 g/mol. The number of carbonyl (C=O) groups excluding carboxylic acids is 1. The van der Waals surface area contributed by atoms with E-state index in [-0.39, 0.29) is 5.91 Å². The van der Waals surface area contributed by atoms with Crippen LogP contribution in [0.4, 0.5) is 16.5 Å². The molecule has 1 aromatic heterocycles. The van der Waals surface area contributed by atoms with Gasteiger partial charge in [0.05, 0.1) is 0 Å². The predicted molar refractivity (Wildman–Crippen MR) is 96.3 cm³/mol. The van der Waals surface area contributed by atoms with Crippen molar-refractivity contribution in [2.24, 2.45) is 0 Å². The Morgan fingerprint density at radius 2 is 1.65 bits per heavy atom. The zero-order chi connectivity index (χ0) is 16.2. The van der Waals surface area contributed by atoms with E-state index in [1.54, 1.807) is 41.8 Å². The van der Waals surface area contributed by atoms with Crippen LogP contribution in [0.1, 0.15) is 10.5 Å². The summed E-state index contributed by atoms with van der Waals surface area (Å²) in [6.45, 7) is 0. The number of rotatable bonds is 4. The van der Waals surface area contributed by atoms with E-state index >= 15 is 0 Å². The van der Waals surface area contributed by atoms with Gasteiger partial charge in [-0.15, -0.1) is 11.3 Å². The van der Waals surface area contributed by atoms with Gasteiger partial charge in [-0.25, -0.2) is 4.98 Å². The molecule has 3 aromatic rings. The maximum absolute atomic E-state index is 12.2. The Bertz CT molecular complexity index is 851. The zero-order valence-electron chi connectivity index (χ0n) is 11.7. The summed E-state index contributed by atoms with van der Waals surface area (Å²) in [6.07, 6.45) is 0. The Kier molecular flexibility index (Phi) is 4.81. The summed E-state index contributed by atoms with van der Waals surface area (Å²) < 4.78 is 0. The molecule has 3 rings (SSSR count). The lowest BCUT2D eigenvalue weighted by molar-refractivity contribution is 0.102. The number of hydrogen-bond donors (Lipinski definition) is 2. The molecule has 0 fully saturated rings. The SMILES string of the molecule is O=C(Nc1cccc(Cl)c1)c1csc(Nc2cccc(Cl)c2)n1. The van der Waals surface area contributed by atoms with E-state index in [0.29, 0.717) is 26.6 Å². The van der Waals surface area contributed by atoms with E-state index in [9.17, 15) is 4.79 Å². The summed E-state index contributed by atoms with van der Waals surface area (Å²) in [5.41, 5.74) is 1.77. The Morgan fingerprint density at radius 1 is 1.00 bits per heavy atom. The Morgan fingerprint density at radius 3 is 2.35 bits per heavy atom. The maximum atomic E-state index is 12.2. The molecule has 7 heteroatoms. The van der Waals surface area contributed by atoms with Crippen LogP contribution in [0.15, 0.2) is 53.9 Å². The zero-order valence-corrected chi connectivity index (χ0v) is 14.0. The van der Waals surface area contributed by atoms with Crippen LogP contribution in [-0.2, 0) is 0 Å². The summed E-state index contributed by atoms with van der Waals surface area (Å²) in [6, 6.07) is 14.2. The van der Waals surface area contributed by atoms with Gasteiger partial charge >= 0.3 is 0 Å². The standard InChI is InChI=1S/C16H11Cl2N3OS/c17-10-3-1-5-12(7-10)19-15(22)14-9-23-16(21-14)20-13-6-2-4-11(18)8-13/h1-9H,(H,19,22)(H,20,21). The van der Waals surface area contributed by atoms with Crippen molar-refractivity contribution in [1.82, 2.24) is 4.98 Å². The van der Waals surface area contributed by atoms with E-state index in [1.165, 1.54) is 11.3 Å². The van der Waals surface area contributed by atoms with Gasteiger partial charge in [0.15, 0.2) is 5.13 Å². The smallest absolute Gasteiger partial charge is 0.275 e. The summed E-state index contributed by atoms with van der Waals surface area (Å²) in [7, 11) is 0. The number of hydrogen-bond acceptors (Lipinski definition) is 4. The number of halogens is 2. The summed E-state index contributed by atoms with van der Waals surface area (Å²) >= 11 is 13.2. The lowest BCUT2D eigenvalue weighted by Gasteiger charge is -2.04. The average Bonchev–Trinajstić information content (AvgIpc) is 2.96. The molecule has 0 saturated heterocycles. The lowest BCUT2D eigenvalue weighted by Crippen LogP contribution is -2.12. The van der Waals surface area contributed by atoms with Gasteiger partial charge in [-0.2, -0.15) is 0 Å². The van der Waals surface area contributed by atoms with E-state index < -0.39 is 0 Å². The number of carbonyl (C=O) groups is 1. The molecule has 0 unspecified atom stereocenters. The molecule has 1 heterocycles. The second-order valence-corrected chi connectivity index (χ2v) is 6.37. The molecule has 0 saturated carbocycles. The van der Waals surface area contributed by atoms with Crippen LogP contribution in [0.3, 0.4) is 0 Å². The number of anilines is 3. The normalized spacial score (nSPS) is 10.3. The minimum atomic E-state index is -0.289. The third-order valence-corrected chi connectivity index (χ3v) is 4.12. The van der Waals surface area contributed by atoms with Gasteiger partial charge in [0.1, 0.15) is 5.69 Å². The molecule has 2 N–H and O–H groups in total. The molecule has 4 nitrogen and oxygen atoms in total. The number of aromatic nitrogens is 1. The largest absolute Gasteiger partial charge is 0.331 e. The van der Waals surface area contributed by atoms with Crippen molar-refractivity contribution in [1.29, 1.82) is 0 Å². The van der Waals surface area contributed by atoms with Crippen molar-refractivity contribution < 1.29 is 4.79 Å². The minimum Gasteiger partial charge on any atom is -0.331 e. The van der Waals surface area contributed by atoms with E-state index in [4.69, 9.17) is 23.2 Å². The van der Waals surface area contributed by atoms with Crippen molar-refractivity contribution >= 4 is 57.0 Å². The minimum absolute atomic E-state index is 0.289. The van der Waals surface area contributed by atoms with Crippen LogP contribution in [0, 0.1) is 0 Å². The van der Waals surface area contributed by atoms with Gasteiger partial charge in [-0.1, -0.05) is 35.3 Å². The van der Waals surface area contributed by atoms with Crippen molar-refractivity contribution in [3.63, 3.8) is 0 Å². The third kappa shape index (κ3) is 4.22. The maximum Gasteiger partial charge on any atom is 0.275 e. The van der Waals surface area contributed by atoms with Crippen LogP contribution in [0.2, 0.25) is 10.0 Å². The highest BCUT2D eigenvalue weighted by atomic mass is 35.5. The van der Waals surface area contributed by atoms with Gasteiger partial charge in [-0.05, 0) is 36.4 Å². The first-order valence-corrected chi connectivity index (χ1v) is 8.29. The quantitative estimate of drug-likeness (QED) is 0.648. The van der Waals surface area contributed by atoms with Gasteiger partial charge in [0.2, 0.25) is 0 Å². The third-order valence-electron chi connectivity index (χ3n) is 2.90. The number of thiazole rings is 1. The van der Waals surface area contributed by atoms with E-state index in [2.05, 4.69) is 15.6 Å². The monoisotopic (exact) mass is 363 g/mol. The molecule has 0 aliphatic heterocycles. The van der Waals surface area contributed by atoms with Crippen LogP contribution < -0.4 is 10.6 Å². The molecule has 23 heavy (non-hydrogen) atoms. The van der Waals surface area contributed by atoms with Gasteiger partial charge in [-0.3, -0.25) is 4.79 Å². The molecule has 0 aliphatic carbocycles. The molecule has 0 spiro atoms. The van der Waals surface area contributed by atoms with E-state index in [0.717, 1.165) is 5.69 Å². The highest BCUT2D eigenvalue weighted by Gasteiger charge is 2.11. The van der Waals surface area contributed by atoms with Crippen LogP contribution >= 0.6 is 34.5 Å². The van der Waals surface area contributed by atoms with Crippen LogP contribution in [0.25, 0.3) is 0 Å². The second-order valence-electron chi connectivity index (χ2n) is 4.64. The van der Waals surface area contributed by atoms with Gasteiger partial charge in [0.25, 0.3) is 5.91 Å². The molecular formula is C16H11Cl2N3OS. The van der Waals surface area contributed by atoms with Crippen molar-refractivity contribution in [2.45, 2.75) is 0 Å². The fourth-order valence-corrected chi connectivity index (χ4v) is 2.98. The number of benzene rings is 2. The summed E-state index contributed by atoms with van der Waals surface area (Å²) in [5.74, 6) is -0.289. The number of nitrogens with zero attached hydrogens (tertiary/aromatic N) is 1. The number of nitrogens with one attached hydrogen (secondary N) is 2. The number of amides is 1. The molecule has 0 aliphatic rings.